The van der Waals surface area contributed by atoms with Gasteiger partial charge in [-0.25, -0.2) is 9.97 Å². The van der Waals surface area contributed by atoms with Gasteiger partial charge in [-0.3, -0.25) is 9.78 Å². The first kappa shape index (κ1) is 13.8. The summed E-state index contributed by atoms with van der Waals surface area (Å²) in [6, 6.07) is 3.49. The molecule has 2 heterocycles. The van der Waals surface area contributed by atoms with Gasteiger partial charge in [-0.2, -0.15) is 0 Å². The number of rotatable bonds is 2. The Morgan fingerprint density at radius 2 is 1.89 bits per heavy atom. The molecular formula is C13H18N4O. The summed E-state index contributed by atoms with van der Waals surface area (Å²) in [4.78, 5) is 23.4. The molecule has 5 nitrogen and oxygen atoms in total. The minimum absolute atomic E-state index is 0. The molecular weight excluding hydrogens is 228 g/mol. The number of anilines is 1. The van der Waals surface area contributed by atoms with E-state index in [-0.39, 0.29) is 13.2 Å². The Hall–Kier alpha value is -2.30. The second-order valence-corrected chi connectivity index (χ2v) is 3.28. The smallest absolute Gasteiger partial charge is 0.293 e. The predicted molar refractivity (Wildman–Crippen MR) is 72.4 cm³/mol. The highest BCUT2D eigenvalue weighted by atomic mass is 16.2. The third kappa shape index (κ3) is 3.93. The Labute approximate surface area is 108 Å². The number of nitrogens with zero attached hydrogens (tertiary/aromatic N) is 3. The van der Waals surface area contributed by atoms with Crippen LogP contribution in [0.15, 0.2) is 36.9 Å². The highest BCUT2D eigenvalue weighted by molar-refractivity contribution is 6.01. The van der Waals surface area contributed by atoms with E-state index in [4.69, 9.17) is 0 Å². The number of aryl methyl sites for hydroxylation is 1. The highest BCUT2D eigenvalue weighted by Gasteiger charge is 2.08. The predicted octanol–water partition coefficient (Wildman–Crippen LogP) is 2.70. The van der Waals surface area contributed by atoms with Crippen molar-refractivity contribution in [2.45, 2.75) is 20.8 Å². The van der Waals surface area contributed by atoms with Gasteiger partial charge in [0.05, 0.1) is 11.9 Å². The average Bonchev–Trinajstić information content (AvgIpc) is 2.43. The van der Waals surface area contributed by atoms with Crippen LogP contribution in [0.3, 0.4) is 0 Å². The first-order valence-corrected chi connectivity index (χ1v) is 5.76. The van der Waals surface area contributed by atoms with Gasteiger partial charge in [0, 0.05) is 20.0 Å². The summed E-state index contributed by atoms with van der Waals surface area (Å²) in [7, 11) is 0. The fourth-order valence-electron chi connectivity index (χ4n) is 1.13. The molecule has 1 amide bonds. The van der Waals surface area contributed by atoms with Gasteiger partial charge in [-0.05, 0) is 24.6 Å². The van der Waals surface area contributed by atoms with Crippen molar-refractivity contribution in [3.8, 4) is 0 Å². The van der Waals surface area contributed by atoms with Gasteiger partial charge in [-0.1, -0.05) is 13.8 Å². The first-order chi connectivity index (χ1) is 8.75. The zero-order valence-electron chi connectivity index (χ0n) is 10.7. The van der Waals surface area contributed by atoms with E-state index in [0.29, 0.717) is 5.69 Å². The minimum atomic E-state index is -0.340. The molecule has 0 aliphatic heterocycles. The van der Waals surface area contributed by atoms with Crippen molar-refractivity contribution in [3.05, 3.63) is 48.3 Å². The van der Waals surface area contributed by atoms with Crippen LogP contribution in [-0.4, -0.2) is 20.9 Å². The topological polar surface area (TPSA) is 67.8 Å². The van der Waals surface area contributed by atoms with E-state index in [1.54, 1.807) is 36.9 Å². The lowest BCUT2D eigenvalue weighted by Crippen LogP contribution is -2.15. The monoisotopic (exact) mass is 246 g/mol. The molecule has 0 atom stereocenters. The Balaban J connectivity index is 0.00000103. The molecule has 0 saturated carbocycles. The van der Waals surface area contributed by atoms with Gasteiger partial charge in [0.1, 0.15) is 0 Å². The quantitative estimate of drug-likeness (QED) is 0.884. The van der Waals surface area contributed by atoms with Crippen LogP contribution in [0.2, 0.25) is 0 Å². The number of hydrogen-bond acceptors (Lipinski definition) is 4. The molecule has 0 bridgehead atoms. The second-order valence-electron chi connectivity index (χ2n) is 3.28. The first-order valence-electron chi connectivity index (χ1n) is 5.76. The summed E-state index contributed by atoms with van der Waals surface area (Å²) >= 11 is 0. The molecule has 1 N–H and O–H groups in total. The van der Waals surface area contributed by atoms with E-state index < -0.39 is 0 Å². The zero-order chi connectivity index (χ0) is 13.4. The van der Waals surface area contributed by atoms with Crippen LogP contribution in [0.1, 0.15) is 31.5 Å². The zero-order valence-corrected chi connectivity index (χ0v) is 10.7. The van der Waals surface area contributed by atoms with Crippen LogP contribution in [0, 0.1) is 6.92 Å². The lowest BCUT2D eigenvalue weighted by atomic mass is 10.4. The van der Waals surface area contributed by atoms with E-state index in [9.17, 15) is 4.79 Å². The number of carbonyl (C=O) groups is 1. The molecule has 96 valence electrons. The van der Waals surface area contributed by atoms with Crippen molar-refractivity contribution in [1.82, 2.24) is 15.0 Å². The Kier molecular flexibility index (Phi) is 5.44. The summed E-state index contributed by atoms with van der Waals surface area (Å²) in [6.45, 7) is 5.86. The number of carbonyl (C=O) groups excluding carboxylic acids is 1. The molecule has 0 fully saturated rings. The van der Waals surface area contributed by atoms with Crippen LogP contribution >= 0.6 is 0 Å². The van der Waals surface area contributed by atoms with Crippen molar-refractivity contribution in [2.75, 3.05) is 5.32 Å². The largest absolute Gasteiger partial charge is 0.318 e. The third-order valence-electron chi connectivity index (χ3n) is 1.90. The summed E-state index contributed by atoms with van der Waals surface area (Å²) in [6.07, 6.45) is 6.40. The van der Waals surface area contributed by atoms with E-state index >= 15 is 0 Å². The highest BCUT2D eigenvalue weighted by Crippen LogP contribution is 2.04. The summed E-state index contributed by atoms with van der Waals surface area (Å²) in [5.74, 6) is -0.192. The van der Waals surface area contributed by atoms with Crippen LogP contribution in [0.25, 0.3) is 0 Å². The summed E-state index contributed by atoms with van der Waals surface area (Å²) in [5, 5.41) is 2.65. The molecule has 0 unspecified atom stereocenters. The number of aromatic nitrogens is 3. The fourth-order valence-corrected chi connectivity index (χ4v) is 1.13. The van der Waals surface area contributed by atoms with Crippen LogP contribution in [-0.2, 0) is 0 Å². The fraction of sp³-hybridized carbons (Fsp3) is 0.231. The van der Waals surface area contributed by atoms with Gasteiger partial charge in [-0.15, -0.1) is 0 Å². The maximum Gasteiger partial charge on any atom is 0.293 e. The molecule has 2 aromatic rings. The van der Waals surface area contributed by atoms with E-state index in [1.165, 1.54) is 0 Å². The van der Waals surface area contributed by atoms with Crippen molar-refractivity contribution in [2.24, 2.45) is 0 Å². The number of hydrogen-bond donors (Lipinski definition) is 1. The van der Waals surface area contributed by atoms with Gasteiger partial charge in [0.2, 0.25) is 5.82 Å². The Bertz CT molecular complexity index is 488. The lowest BCUT2D eigenvalue weighted by Gasteiger charge is -2.02. The normalized spacial score (nSPS) is 9.06. The van der Waals surface area contributed by atoms with E-state index in [0.717, 1.165) is 5.56 Å². The van der Waals surface area contributed by atoms with Crippen molar-refractivity contribution >= 4 is 11.6 Å². The molecule has 0 saturated heterocycles. The van der Waals surface area contributed by atoms with E-state index in [1.807, 2.05) is 20.8 Å². The van der Waals surface area contributed by atoms with Crippen molar-refractivity contribution < 1.29 is 6.22 Å². The molecule has 2 rings (SSSR count). The Morgan fingerprint density at radius 1 is 1.22 bits per heavy atom. The lowest BCUT2D eigenvalue weighted by molar-refractivity contribution is 0.101. The standard InChI is InChI=1S/C11H10N4O.C2H6.H2/c1-8-5-13-10(14-6-8)11(16)15-9-3-2-4-12-7-9;1-2;/h2-7H,1H3,(H,15,16);1-2H3;1H. The summed E-state index contributed by atoms with van der Waals surface area (Å²) in [5.41, 5.74) is 1.54. The van der Waals surface area contributed by atoms with Gasteiger partial charge in [0.25, 0.3) is 5.91 Å². The van der Waals surface area contributed by atoms with Crippen molar-refractivity contribution in [3.63, 3.8) is 0 Å². The summed E-state index contributed by atoms with van der Waals surface area (Å²) < 4.78 is 0. The Morgan fingerprint density at radius 3 is 2.44 bits per heavy atom. The second kappa shape index (κ2) is 7.11. The van der Waals surface area contributed by atoms with Crippen LogP contribution in [0.4, 0.5) is 5.69 Å². The maximum atomic E-state index is 11.7. The van der Waals surface area contributed by atoms with Crippen LogP contribution in [0.5, 0.6) is 0 Å². The molecule has 0 aliphatic carbocycles. The average molecular weight is 246 g/mol. The minimum Gasteiger partial charge on any atom is -0.318 e. The van der Waals surface area contributed by atoms with Crippen molar-refractivity contribution in [1.29, 1.82) is 0 Å². The third-order valence-corrected chi connectivity index (χ3v) is 1.90. The molecule has 18 heavy (non-hydrogen) atoms. The van der Waals surface area contributed by atoms with Gasteiger partial charge < -0.3 is 5.32 Å². The van der Waals surface area contributed by atoms with Gasteiger partial charge >= 0.3 is 0 Å². The maximum absolute atomic E-state index is 11.7. The molecule has 0 radical (unpaired) electrons. The SMILES string of the molecule is CC.Cc1cnc(C(=O)Nc2cccnc2)nc1.[HH]. The molecule has 2 aromatic heterocycles. The number of pyridine rings is 1. The number of nitrogens with one attached hydrogen (secondary N) is 1. The molecule has 0 aromatic carbocycles. The van der Waals surface area contributed by atoms with Crippen LogP contribution < -0.4 is 5.32 Å². The van der Waals surface area contributed by atoms with Gasteiger partial charge in [0.15, 0.2) is 0 Å². The molecule has 0 spiro atoms. The van der Waals surface area contributed by atoms with E-state index in [2.05, 4.69) is 20.3 Å². The molecule has 0 aliphatic rings. The number of amides is 1. The molecule has 5 heteroatoms.